The summed E-state index contributed by atoms with van der Waals surface area (Å²) in [7, 11) is 0. The van der Waals surface area contributed by atoms with Gasteiger partial charge in [-0.15, -0.1) is 22.7 Å². The van der Waals surface area contributed by atoms with Crippen LogP contribution in [0.25, 0.3) is 0 Å². The highest BCUT2D eigenvalue weighted by Gasteiger charge is 2.25. The molecule has 2 aromatic carbocycles. The SMILES string of the molecule is Cc1cc2c(s1)Nc1ccccc1N=C2N.[2H]C([2H])([2H])N1CCN(C2=Nc3ccccc3Nc3sc(C)cc32)CC1.[2H]C([2H])([2H])N1CCNCC1. The number of para-hydroxylation sites is 4. The molecule has 0 spiro atoms. The summed E-state index contributed by atoms with van der Waals surface area (Å²) >= 11 is 3.42. The number of anilines is 4. The highest BCUT2D eigenvalue weighted by atomic mass is 32.1. The predicted octanol–water partition coefficient (Wildman–Crippen LogP) is 6.11. The first kappa shape index (κ1) is 24.5. The molecule has 2 fully saturated rings. The van der Waals surface area contributed by atoms with Crippen LogP contribution in [0, 0.1) is 13.8 Å². The first-order valence-electron chi connectivity index (χ1n) is 18.1. The van der Waals surface area contributed by atoms with Crippen molar-refractivity contribution in [1.82, 2.24) is 20.0 Å². The van der Waals surface area contributed by atoms with Gasteiger partial charge in [0.25, 0.3) is 0 Å². The van der Waals surface area contributed by atoms with Gasteiger partial charge in [-0.25, -0.2) is 9.98 Å². The van der Waals surface area contributed by atoms with E-state index < -0.39 is 14.0 Å². The number of piperazine rings is 2. The van der Waals surface area contributed by atoms with Crippen molar-refractivity contribution in [3.8, 4) is 0 Å². The molecule has 6 heterocycles. The Morgan fingerprint density at radius 3 is 1.84 bits per heavy atom. The number of nitrogens with two attached hydrogens (primary N) is 1. The second-order valence-corrected chi connectivity index (χ2v) is 13.6. The molecule has 45 heavy (non-hydrogen) atoms. The number of nitrogens with one attached hydrogen (secondary N) is 3. The van der Waals surface area contributed by atoms with Crippen LogP contribution in [-0.4, -0.2) is 92.7 Å². The van der Waals surface area contributed by atoms with E-state index in [9.17, 15) is 0 Å². The number of likely N-dealkylation sites (N-methyl/N-ethyl adjacent to an activating group) is 2. The van der Waals surface area contributed by atoms with Crippen molar-refractivity contribution < 1.29 is 8.22 Å². The molecule has 4 aliphatic heterocycles. The van der Waals surface area contributed by atoms with Gasteiger partial charge in [0.1, 0.15) is 21.7 Å². The average Bonchev–Trinajstić information content (AvgIpc) is 3.57. The Kier molecular flexibility index (Phi) is 7.69. The lowest BCUT2D eigenvalue weighted by molar-refractivity contribution is 0.216. The zero-order valence-electron chi connectivity index (χ0n) is 31.6. The van der Waals surface area contributed by atoms with E-state index in [1.807, 2.05) is 48.5 Å². The molecule has 2 saturated heterocycles. The van der Waals surface area contributed by atoms with Crippen LogP contribution in [-0.2, 0) is 0 Å². The Balaban J connectivity index is 0.000000147. The number of nitrogens with zero attached hydrogens (tertiary/aromatic N) is 5. The monoisotopic (exact) mass is 647 g/mol. The van der Waals surface area contributed by atoms with Crippen molar-refractivity contribution in [3.63, 3.8) is 0 Å². The minimum atomic E-state index is -2.02. The van der Waals surface area contributed by atoms with Crippen molar-refractivity contribution in [2.45, 2.75) is 13.8 Å². The molecule has 2 aromatic heterocycles. The Morgan fingerprint density at radius 2 is 1.24 bits per heavy atom. The number of hydrogen-bond donors (Lipinski definition) is 4. The van der Waals surface area contributed by atoms with Crippen molar-refractivity contribution in [1.29, 1.82) is 0 Å². The molecule has 0 saturated carbocycles. The minimum Gasteiger partial charge on any atom is -0.383 e. The lowest BCUT2D eigenvalue weighted by Crippen LogP contribution is -2.47. The van der Waals surface area contributed by atoms with Gasteiger partial charge in [0, 0.05) is 70.3 Å². The molecular formula is C34H43N9S2. The molecule has 9 nitrogen and oxygen atoms in total. The summed E-state index contributed by atoms with van der Waals surface area (Å²) in [5, 5.41) is 12.1. The highest BCUT2D eigenvalue weighted by molar-refractivity contribution is 7.17. The largest absolute Gasteiger partial charge is 0.383 e. The third kappa shape index (κ3) is 7.57. The van der Waals surface area contributed by atoms with Crippen LogP contribution in [0.15, 0.2) is 70.6 Å². The minimum absolute atomic E-state index is 0.517. The summed E-state index contributed by atoms with van der Waals surface area (Å²) in [4.78, 5) is 17.1. The standard InChI is InChI=1S/C17H20N4S.C12H11N3S.C5H12N2/c1-12-11-13-16(21-9-7-20(2)8-10-21)18-14-5-3-4-6-15(14)19-17(13)22-12;1-7-6-8-11(13)14-9-4-2-3-5-10(9)15-12(8)16-7;1-7-4-2-6-3-5-7/h3-6,11,19H,7-10H2,1-2H3;2-6,15H,1H3,(H2,13,14);6H,2-5H2,1H3/i2D3;;1D3. The Labute approximate surface area is 282 Å². The molecular weight excluding hydrogens is 599 g/mol. The van der Waals surface area contributed by atoms with E-state index in [0.717, 1.165) is 62.8 Å². The highest BCUT2D eigenvalue weighted by Crippen LogP contribution is 2.39. The summed E-state index contributed by atoms with van der Waals surface area (Å²) < 4.78 is 43.9. The van der Waals surface area contributed by atoms with Crippen molar-refractivity contribution in [3.05, 3.63) is 81.5 Å². The summed E-state index contributed by atoms with van der Waals surface area (Å²) in [6.45, 7) is 5.46. The predicted molar refractivity (Wildman–Crippen MR) is 194 cm³/mol. The lowest BCUT2D eigenvalue weighted by atomic mass is 10.2. The maximum atomic E-state index is 7.59. The number of fused-ring (bicyclic) bond motifs is 4. The topological polar surface area (TPSA) is 96.5 Å². The van der Waals surface area contributed by atoms with Crippen LogP contribution < -0.4 is 21.7 Å². The molecule has 0 radical (unpaired) electrons. The Morgan fingerprint density at radius 1 is 0.711 bits per heavy atom. The van der Waals surface area contributed by atoms with Gasteiger partial charge in [-0.1, -0.05) is 24.3 Å². The maximum Gasteiger partial charge on any atom is 0.139 e. The molecule has 0 unspecified atom stereocenters. The van der Waals surface area contributed by atoms with Crippen molar-refractivity contribution in [2.24, 2.45) is 15.7 Å². The third-order valence-electron chi connectivity index (χ3n) is 7.70. The number of hydrogen-bond acceptors (Lipinski definition) is 11. The van der Waals surface area contributed by atoms with Gasteiger partial charge in [0.15, 0.2) is 0 Å². The van der Waals surface area contributed by atoms with Gasteiger partial charge >= 0.3 is 0 Å². The van der Waals surface area contributed by atoms with Gasteiger partial charge < -0.3 is 36.4 Å². The quantitative estimate of drug-likeness (QED) is 0.183. The molecule has 5 N–H and O–H groups in total. The maximum absolute atomic E-state index is 7.59. The number of aliphatic imine (C=N–C) groups is 2. The zero-order valence-corrected chi connectivity index (χ0v) is 27.2. The van der Waals surface area contributed by atoms with E-state index in [1.165, 1.54) is 14.7 Å². The Bertz CT molecular complexity index is 1890. The first-order valence-corrected chi connectivity index (χ1v) is 16.7. The smallest absolute Gasteiger partial charge is 0.139 e. The number of rotatable bonds is 0. The molecule has 8 rings (SSSR count). The van der Waals surface area contributed by atoms with Crippen LogP contribution in [0.1, 0.15) is 29.1 Å². The first-order chi connectivity index (χ1) is 24.3. The number of aryl methyl sites for hydroxylation is 2. The van der Waals surface area contributed by atoms with Gasteiger partial charge in [0.05, 0.1) is 33.9 Å². The molecule has 11 heteroatoms. The fourth-order valence-corrected chi connectivity index (χ4v) is 7.21. The fourth-order valence-electron chi connectivity index (χ4n) is 5.36. The van der Waals surface area contributed by atoms with Gasteiger partial charge in [0.2, 0.25) is 0 Å². The number of thiophene rings is 2. The number of amidine groups is 2. The normalized spacial score (nSPS) is 20.0. The molecule has 4 aromatic rings. The van der Waals surface area contributed by atoms with Gasteiger partial charge in [-0.2, -0.15) is 0 Å². The van der Waals surface area contributed by atoms with Crippen LogP contribution in [0.3, 0.4) is 0 Å². The van der Waals surface area contributed by atoms with Gasteiger partial charge in [-0.3, -0.25) is 0 Å². The van der Waals surface area contributed by atoms with Crippen molar-refractivity contribution >= 4 is 67.1 Å². The second-order valence-electron chi connectivity index (χ2n) is 11.1. The second kappa shape index (κ2) is 14.1. The molecule has 0 aliphatic carbocycles. The van der Waals surface area contributed by atoms with E-state index in [1.54, 1.807) is 27.6 Å². The molecule has 0 atom stereocenters. The molecule has 0 amide bonds. The van der Waals surface area contributed by atoms with Crippen LogP contribution >= 0.6 is 22.7 Å². The van der Waals surface area contributed by atoms with E-state index in [0.29, 0.717) is 45.1 Å². The van der Waals surface area contributed by atoms with Gasteiger partial charge in [-0.05, 0) is 64.2 Å². The zero-order chi connectivity index (χ0) is 36.3. The van der Waals surface area contributed by atoms with E-state index in [4.69, 9.17) is 19.0 Å². The molecule has 236 valence electrons. The van der Waals surface area contributed by atoms with Crippen LogP contribution in [0.4, 0.5) is 32.8 Å². The van der Waals surface area contributed by atoms with Crippen LogP contribution in [0.5, 0.6) is 0 Å². The lowest BCUT2D eigenvalue weighted by Gasteiger charge is -2.34. The third-order valence-corrected chi connectivity index (χ3v) is 9.63. The summed E-state index contributed by atoms with van der Waals surface area (Å²) in [6.07, 6.45) is 0. The van der Waals surface area contributed by atoms with E-state index in [-0.39, 0.29) is 0 Å². The summed E-state index contributed by atoms with van der Waals surface area (Å²) in [5.41, 5.74) is 11.9. The van der Waals surface area contributed by atoms with E-state index in [2.05, 4.69) is 51.8 Å². The average molecular weight is 648 g/mol. The summed E-state index contributed by atoms with van der Waals surface area (Å²) in [6, 6.07) is 20.2. The Hall–Kier alpha value is -3.74. The van der Waals surface area contributed by atoms with Crippen LogP contribution in [0.2, 0.25) is 0 Å². The van der Waals surface area contributed by atoms with E-state index >= 15 is 0 Å². The number of benzene rings is 2. The summed E-state index contributed by atoms with van der Waals surface area (Å²) in [5.74, 6) is 1.51. The molecule has 0 bridgehead atoms. The van der Waals surface area contributed by atoms with Crippen molar-refractivity contribution in [2.75, 3.05) is 76.9 Å². The fraction of sp³-hybridized carbons (Fsp3) is 0.353. The molecule has 4 aliphatic rings.